The normalized spacial score (nSPS) is 14.6. The van der Waals surface area contributed by atoms with E-state index in [1.54, 1.807) is 29.2 Å². The van der Waals surface area contributed by atoms with E-state index in [0.717, 1.165) is 5.82 Å². The van der Waals surface area contributed by atoms with E-state index in [2.05, 4.69) is 15.5 Å². The van der Waals surface area contributed by atoms with E-state index in [0.29, 0.717) is 48.9 Å². The zero-order chi connectivity index (χ0) is 22.1. The van der Waals surface area contributed by atoms with Crippen LogP contribution in [0.3, 0.4) is 0 Å². The van der Waals surface area contributed by atoms with Crippen molar-refractivity contribution < 1.29 is 23.5 Å². The average molecular weight is 437 g/mol. The van der Waals surface area contributed by atoms with Gasteiger partial charge in [0.25, 0.3) is 11.8 Å². The van der Waals surface area contributed by atoms with Crippen LogP contribution in [0.4, 0.5) is 4.39 Å². The largest absolute Gasteiger partial charge is 0.454 e. The number of hydrogen-bond acceptors (Lipinski definition) is 6. The van der Waals surface area contributed by atoms with Crippen LogP contribution < -0.4 is 14.8 Å². The van der Waals surface area contributed by atoms with Gasteiger partial charge in [0.15, 0.2) is 17.3 Å². The molecule has 0 saturated heterocycles. The molecule has 0 saturated carbocycles. The van der Waals surface area contributed by atoms with Crippen LogP contribution in [0, 0.1) is 5.82 Å². The van der Waals surface area contributed by atoms with Crippen LogP contribution in [0.5, 0.6) is 11.5 Å². The molecule has 9 nitrogen and oxygen atoms in total. The second kappa shape index (κ2) is 8.29. The summed E-state index contributed by atoms with van der Waals surface area (Å²) in [6.45, 7) is 1.79. The molecule has 0 radical (unpaired) electrons. The molecule has 5 rings (SSSR count). The molecule has 32 heavy (non-hydrogen) atoms. The van der Waals surface area contributed by atoms with Gasteiger partial charge in [-0.2, -0.15) is 0 Å². The highest BCUT2D eigenvalue weighted by Gasteiger charge is 2.24. The summed E-state index contributed by atoms with van der Waals surface area (Å²) in [4.78, 5) is 27.1. The number of carbonyl (C=O) groups is 2. The van der Waals surface area contributed by atoms with Crippen molar-refractivity contribution in [3.05, 3.63) is 71.1 Å². The quantitative estimate of drug-likeness (QED) is 0.668. The van der Waals surface area contributed by atoms with Gasteiger partial charge in [-0.25, -0.2) is 4.39 Å². The van der Waals surface area contributed by atoms with Crippen LogP contribution in [-0.4, -0.2) is 51.4 Å². The van der Waals surface area contributed by atoms with E-state index in [1.165, 1.54) is 18.2 Å². The predicted octanol–water partition coefficient (Wildman–Crippen LogP) is 1.77. The first-order valence-electron chi connectivity index (χ1n) is 10.2. The summed E-state index contributed by atoms with van der Waals surface area (Å²) in [7, 11) is 0. The molecule has 2 amide bonds. The maximum Gasteiger partial charge on any atom is 0.254 e. The number of aromatic nitrogens is 3. The number of fused-ring (bicyclic) bond motifs is 2. The van der Waals surface area contributed by atoms with Gasteiger partial charge in [0, 0.05) is 37.2 Å². The molecule has 0 aliphatic carbocycles. The van der Waals surface area contributed by atoms with Crippen molar-refractivity contribution in [1.29, 1.82) is 0 Å². The topological polar surface area (TPSA) is 98.6 Å². The molecule has 0 unspecified atom stereocenters. The lowest BCUT2D eigenvalue weighted by Crippen LogP contribution is -2.34. The fourth-order valence-electron chi connectivity index (χ4n) is 3.82. The van der Waals surface area contributed by atoms with Crippen molar-refractivity contribution in [2.45, 2.75) is 19.5 Å². The van der Waals surface area contributed by atoms with Gasteiger partial charge in [-0.15, -0.1) is 10.2 Å². The van der Waals surface area contributed by atoms with E-state index in [-0.39, 0.29) is 24.8 Å². The molecule has 10 heteroatoms. The molecule has 2 aliphatic rings. The second-order valence-corrected chi connectivity index (χ2v) is 7.49. The van der Waals surface area contributed by atoms with Crippen LogP contribution >= 0.6 is 0 Å². The third-order valence-electron chi connectivity index (χ3n) is 5.50. The number of nitrogens with one attached hydrogen (secondary N) is 1. The van der Waals surface area contributed by atoms with E-state index in [1.807, 2.05) is 4.57 Å². The zero-order valence-corrected chi connectivity index (χ0v) is 17.1. The van der Waals surface area contributed by atoms with Crippen LogP contribution in [0.15, 0.2) is 42.5 Å². The first-order chi connectivity index (χ1) is 15.6. The number of amides is 2. The van der Waals surface area contributed by atoms with Crippen molar-refractivity contribution in [1.82, 2.24) is 25.0 Å². The Balaban J connectivity index is 1.24. The Kier molecular flexibility index (Phi) is 5.18. The highest BCUT2D eigenvalue weighted by Crippen LogP contribution is 2.32. The molecule has 2 aliphatic heterocycles. The smallest absolute Gasteiger partial charge is 0.254 e. The first-order valence-corrected chi connectivity index (χ1v) is 10.2. The molecule has 0 fully saturated rings. The summed E-state index contributed by atoms with van der Waals surface area (Å²) >= 11 is 0. The number of rotatable bonds is 4. The summed E-state index contributed by atoms with van der Waals surface area (Å²) in [5, 5.41) is 11.2. The lowest BCUT2D eigenvalue weighted by molar-refractivity contribution is 0.0758. The molecule has 164 valence electrons. The summed E-state index contributed by atoms with van der Waals surface area (Å²) < 4.78 is 25.9. The van der Waals surface area contributed by atoms with Crippen molar-refractivity contribution in [2.75, 3.05) is 19.9 Å². The number of ether oxygens (including phenoxy) is 2. The summed E-state index contributed by atoms with van der Waals surface area (Å²) in [6, 6.07) is 10.7. The Morgan fingerprint density at radius 1 is 1.00 bits per heavy atom. The molecule has 0 bridgehead atoms. The number of carbonyl (C=O) groups excluding carboxylic acids is 2. The fourth-order valence-corrected chi connectivity index (χ4v) is 3.82. The minimum atomic E-state index is -0.471. The molecule has 2 aromatic carbocycles. The third-order valence-corrected chi connectivity index (χ3v) is 5.50. The minimum Gasteiger partial charge on any atom is -0.454 e. The Morgan fingerprint density at radius 2 is 1.88 bits per heavy atom. The summed E-state index contributed by atoms with van der Waals surface area (Å²) in [6.07, 6.45) is 0.543. The van der Waals surface area contributed by atoms with Gasteiger partial charge in [0.2, 0.25) is 6.79 Å². The van der Waals surface area contributed by atoms with E-state index >= 15 is 0 Å². The summed E-state index contributed by atoms with van der Waals surface area (Å²) in [5.41, 5.74) is 0.774. The highest BCUT2D eigenvalue weighted by atomic mass is 19.1. The van der Waals surface area contributed by atoms with Crippen LogP contribution in [0.1, 0.15) is 32.4 Å². The van der Waals surface area contributed by atoms with Crippen molar-refractivity contribution in [3.8, 4) is 11.5 Å². The Bertz CT molecular complexity index is 1190. The van der Waals surface area contributed by atoms with Crippen LogP contribution in [0.2, 0.25) is 0 Å². The molecular weight excluding hydrogens is 417 g/mol. The van der Waals surface area contributed by atoms with Crippen molar-refractivity contribution in [3.63, 3.8) is 0 Å². The lowest BCUT2D eigenvalue weighted by Gasteiger charge is -2.20. The van der Waals surface area contributed by atoms with E-state index < -0.39 is 11.7 Å². The average Bonchev–Trinajstić information content (AvgIpc) is 3.37. The molecule has 3 aromatic rings. The van der Waals surface area contributed by atoms with Gasteiger partial charge in [0.1, 0.15) is 11.6 Å². The number of hydrogen-bond donors (Lipinski definition) is 1. The Hall–Kier alpha value is -3.95. The SMILES string of the molecule is O=C(NCc1nnc2n1CCN(C(=O)c1ccc3c(c1)OCO3)CC2)c1cccc(F)c1. The van der Waals surface area contributed by atoms with Crippen molar-refractivity contribution in [2.24, 2.45) is 0 Å². The van der Waals surface area contributed by atoms with E-state index in [4.69, 9.17) is 9.47 Å². The van der Waals surface area contributed by atoms with Gasteiger partial charge in [0.05, 0.1) is 6.54 Å². The second-order valence-electron chi connectivity index (χ2n) is 7.49. The van der Waals surface area contributed by atoms with Gasteiger partial charge in [-0.05, 0) is 36.4 Å². The molecule has 0 spiro atoms. The van der Waals surface area contributed by atoms with Gasteiger partial charge >= 0.3 is 0 Å². The van der Waals surface area contributed by atoms with E-state index in [9.17, 15) is 14.0 Å². The third kappa shape index (κ3) is 3.86. The number of halogens is 1. The molecule has 0 atom stereocenters. The Morgan fingerprint density at radius 3 is 2.75 bits per heavy atom. The molecule has 1 aromatic heterocycles. The monoisotopic (exact) mass is 437 g/mol. The van der Waals surface area contributed by atoms with Crippen LogP contribution in [0.25, 0.3) is 0 Å². The first kappa shape index (κ1) is 20.0. The van der Waals surface area contributed by atoms with Gasteiger partial charge in [-0.1, -0.05) is 6.07 Å². The van der Waals surface area contributed by atoms with Gasteiger partial charge < -0.3 is 24.3 Å². The molecule has 3 heterocycles. The number of benzene rings is 2. The number of nitrogens with zero attached hydrogens (tertiary/aromatic N) is 4. The standard InChI is InChI=1S/C22H20FN5O4/c23-16-3-1-2-14(10-16)21(29)24-12-20-26-25-19-6-7-27(8-9-28(19)20)22(30)15-4-5-17-18(11-15)32-13-31-17/h1-5,10-11H,6-9,12-13H2,(H,24,29). The van der Waals surface area contributed by atoms with Gasteiger partial charge in [-0.3, -0.25) is 9.59 Å². The highest BCUT2D eigenvalue weighted by molar-refractivity contribution is 5.95. The summed E-state index contributed by atoms with van der Waals surface area (Å²) in [5.74, 6) is 1.58. The van der Waals surface area contributed by atoms with Crippen LogP contribution in [-0.2, 0) is 19.5 Å². The van der Waals surface area contributed by atoms with Crippen molar-refractivity contribution >= 4 is 11.8 Å². The zero-order valence-electron chi connectivity index (χ0n) is 17.1. The minimum absolute atomic E-state index is 0.0945. The maximum atomic E-state index is 13.3. The Labute approximate surface area is 182 Å². The molecular formula is C22H20FN5O4. The molecule has 1 N–H and O–H groups in total. The fraction of sp³-hybridized carbons (Fsp3) is 0.273. The lowest BCUT2D eigenvalue weighted by atomic mass is 10.1. The predicted molar refractivity (Wildman–Crippen MR) is 110 cm³/mol. The maximum absolute atomic E-state index is 13.3.